The molecule has 0 aromatic rings. The van der Waals surface area contributed by atoms with Crippen LogP contribution in [0, 0.1) is 0 Å². The zero-order valence-electron chi connectivity index (χ0n) is 11.2. The van der Waals surface area contributed by atoms with Gasteiger partial charge in [-0.05, 0) is 38.9 Å². The maximum absolute atomic E-state index is 5.67. The Morgan fingerprint density at radius 3 is 2.81 bits per heavy atom. The minimum absolute atomic E-state index is 0.498. The van der Waals surface area contributed by atoms with Gasteiger partial charge in [0.15, 0.2) is 0 Å². The van der Waals surface area contributed by atoms with Gasteiger partial charge >= 0.3 is 0 Å². The first-order valence-electron chi connectivity index (χ1n) is 6.79. The largest absolute Gasteiger partial charge is 0.377 e. The Bertz CT molecular complexity index is 167. The highest BCUT2D eigenvalue weighted by Crippen LogP contribution is 2.13. The summed E-state index contributed by atoms with van der Waals surface area (Å²) < 4.78 is 5.67. The molecule has 0 spiro atoms. The number of hydrogen-bond donors (Lipinski definition) is 1. The molecule has 1 rings (SSSR count). The highest BCUT2D eigenvalue weighted by Gasteiger charge is 2.17. The maximum Gasteiger partial charge on any atom is 0.0702 e. The van der Waals surface area contributed by atoms with E-state index < -0.39 is 0 Å². The summed E-state index contributed by atoms with van der Waals surface area (Å²) in [6.45, 7) is 12.2. The molecule has 0 aliphatic carbocycles. The number of ether oxygens (including phenoxy) is 1. The Labute approximate surface area is 101 Å². The smallest absolute Gasteiger partial charge is 0.0702 e. The Hall–Kier alpha value is -0.120. The van der Waals surface area contributed by atoms with E-state index in [9.17, 15) is 0 Å². The van der Waals surface area contributed by atoms with E-state index in [2.05, 4.69) is 31.0 Å². The topological polar surface area (TPSA) is 24.5 Å². The third-order valence-electron chi connectivity index (χ3n) is 3.14. The summed E-state index contributed by atoms with van der Waals surface area (Å²) in [6, 6.07) is 0.605. The molecule has 96 valence electrons. The molecule has 3 nitrogen and oxygen atoms in total. The van der Waals surface area contributed by atoms with E-state index in [1.165, 1.54) is 25.8 Å². The van der Waals surface area contributed by atoms with Crippen LogP contribution in [0.2, 0.25) is 0 Å². The molecule has 1 aliphatic rings. The molecule has 1 aliphatic heterocycles. The van der Waals surface area contributed by atoms with Crippen molar-refractivity contribution >= 4 is 0 Å². The first-order valence-corrected chi connectivity index (χ1v) is 6.79. The molecule has 0 radical (unpaired) electrons. The van der Waals surface area contributed by atoms with Crippen LogP contribution < -0.4 is 5.32 Å². The minimum Gasteiger partial charge on any atom is -0.377 e. The predicted molar refractivity (Wildman–Crippen MR) is 68.8 cm³/mol. The molecule has 1 fully saturated rings. The molecule has 3 heteroatoms. The fourth-order valence-corrected chi connectivity index (χ4v) is 2.15. The Morgan fingerprint density at radius 1 is 1.44 bits per heavy atom. The van der Waals surface area contributed by atoms with Gasteiger partial charge in [0.1, 0.15) is 0 Å². The summed E-state index contributed by atoms with van der Waals surface area (Å²) >= 11 is 0. The van der Waals surface area contributed by atoms with Crippen LogP contribution in [0.1, 0.15) is 40.0 Å². The van der Waals surface area contributed by atoms with E-state index in [0.29, 0.717) is 12.1 Å². The van der Waals surface area contributed by atoms with Gasteiger partial charge in [-0.3, -0.25) is 0 Å². The van der Waals surface area contributed by atoms with Crippen LogP contribution in [0.25, 0.3) is 0 Å². The Kier molecular flexibility index (Phi) is 7.01. The highest BCUT2D eigenvalue weighted by atomic mass is 16.5. The van der Waals surface area contributed by atoms with Gasteiger partial charge in [0.25, 0.3) is 0 Å². The van der Waals surface area contributed by atoms with Gasteiger partial charge in [-0.2, -0.15) is 0 Å². The summed E-state index contributed by atoms with van der Waals surface area (Å²) in [5.74, 6) is 0. The molecule has 1 atom stereocenters. The first kappa shape index (κ1) is 13.9. The van der Waals surface area contributed by atoms with Gasteiger partial charge in [0, 0.05) is 19.2 Å². The van der Waals surface area contributed by atoms with E-state index in [4.69, 9.17) is 4.74 Å². The monoisotopic (exact) mass is 228 g/mol. The van der Waals surface area contributed by atoms with Crippen LogP contribution in [-0.2, 0) is 4.74 Å². The zero-order chi connectivity index (χ0) is 11.8. The highest BCUT2D eigenvalue weighted by molar-refractivity contribution is 4.70. The van der Waals surface area contributed by atoms with Crippen LogP contribution in [0.15, 0.2) is 0 Å². The van der Waals surface area contributed by atoms with Crippen molar-refractivity contribution in [3.63, 3.8) is 0 Å². The second-order valence-electron chi connectivity index (χ2n) is 4.99. The molecular weight excluding hydrogens is 200 g/mol. The van der Waals surface area contributed by atoms with Gasteiger partial charge in [0.2, 0.25) is 0 Å². The summed E-state index contributed by atoms with van der Waals surface area (Å²) in [7, 11) is 0. The van der Waals surface area contributed by atoms with Crippen molar-refractivity contribution in [1.29, 1.82) is 0 Å². The van der Waals surface area contributed by atoms with Crippen molar-refractivity contribution in [3.05, 3.63) is 0 Å². The van der Waals surface area contributed by atoms with Crippen LogP contribution in [0.3, 0.4) is 0 Å². The van der Waals surface area contributed by atoms with Crippen LogP contribution >= 0.6 is 0 Å². The second kappa shape index (κ2) is 8.04. The lowest BCUT2D eigenvalue weighted by molar-refractivity contribution is 0.0744. The minimum atomic E-state index is 0.498. The number of hydrogen-bond acceptors (Lipinski definition) is 3. The molecule has 0 saturated carbocycles. The van der Waals surface area contributed by atoms with Crippen molar-refractivity contribution in [1.82, 2.24) is 10.2 Å². The number of nitrogens with zero attached hydrogens (tertiary/aromatic N) is 1. The van der Waals surface area contributed by atoms with Gasteiger partial charge in [0.05, 0.1) is 6.10 Å². The fraction of sp³-hybridized carbons (Fsp3) is 1.00. The molecule has 1 unspecified atom stereocenters. The Morgan fingerprint density at radius 2 is 2.25 bits per heavy atom. The lowest BCUT2D eigenvalue weighted by Gasteiger charge is -2.23. The lowest BCUT2D eigenvalue weighted by atomic mass is 10.2. The first-order chi connectivity index (χ1) is 7.72. The molecule has 1 N–H and O–H groups in total. The molecule has 1 saturated heterocycles. The average molecular weight is 228 g/mol. The summed E-state index contributed by atoms with van der Waals surface area (Å²) in [6.07, 6.45) is 4.23. The third kappa shape index (κ3) is 5.83. The number of rotatable bonds is 8. The van der Waals surface area contributed by atoms with Gasteiger partial charge < -0.3 is 15.0 Å². The maximum atomic E-state index is 5.67. The molecule has 0 aromatic heterocycles. The van der Waals surface area contributed by atoms with E-state index in [0.717, 1.165) is 26.2 Å². The van der Waals surface area contributed by atoms with Crippen LogP contribution in [0.5, 0.6) is 0 Å². The van der Waals surface area contributed by atoms with Crippen molar-refractivity contribution < 1.29 is 4.74 Å². The third-order valence-corrected chi connectivity index (χ3v) is 3.14. The lowest BCUT2D eigenvalue weighted by Crippen LogP contribution is -2.34. The van der Waals surface area contributed by atoms with Crippen molar-refractivity contribution in [2.24, 2.45) is 0 Å². The number of likely N-dealkylation sites (N-methyl/N-ethyl adjacent to an activating group) is 1. The Balaban J connectivity index is 2.06. The van der Waals surface area contributed by atoms with E-state index >= 15 is 0 Å². The average Bonchev–Trinajstić information content (AvgIpc) is 2.75. The van der Waals surface area contributed by atoms with Crippen molar-refractivity contribution in [2.75, 3.05) is 32.8 Å². The molecule has 0 aromatic carbocycles. The zero-order valence-corrected chi connectivity index (χ0v) is 11.2. The standard InChI is InChI=1S/C13H28N2O/c1-4-15(9-6-8-14-12(2)3)11-13-7-5-10-16-13/h12-14H,4-11H2,1-3H3. The molecule has 0 bridgehead atoms. The molecule has 0 amide bonds. The number of nitrogens with one attached hydrogen (secondary N) is 1. The van der Waals surface area contributed by atoms with Gasteiger partial charge in [-0.1, -0.05) is 20.8 Å². The molecule has 16 heavy (non-hydrogen) atoms. The fourth-order valence-electron chi connectivity index (χ4n) is 2.15. The van der Waals surface area contributed by atoms with Crippen molar-refractivity contribution in [3.8, 4) is 0 Å². The van der Waals surface area contributed by atoms with E-state index in [1.54, 1.807) is 0 Å². The van der Waals surface area contributed by atoms with Gasteiger partial charge in [-0.25, -0.2) is 0 Å². The van der Waals surface area contributed by atoms with Crippen molar-refractivity contribution in [2.45, 2.75) is 52.2 Å². The van der Waals surface area contributed by atoms with Gasteiger partial charge in [-0.15, -0.1) is 0 Å². The summed E-state index contributed by atoms with van der Waals surface area (Å²) in [5, 5.41) is 3.46. The summed E-state index contributed by atoms with van der Waals surface area (Å²) in [4.78, 5) is 2.51. The van der Waals surface area contributed by atoms with Crippen LogP contribution in [0.4, 0.5) is 0 Å². The SMILES string of the molecule is CCN(CCCNC(C)C)CC1CCCO1. The normalized spacial score (nSPS) is 21.2. The molecule has 1 heterocycles. The van der Waals surface area contributed by atoms with E-state index in [1.807, 2.05) is 0 Å². The summed E-state index contributed by atoms with van der Waals surface area (Å²) in [5.41, 5.74) is 0. The van der Waals surface area contributed by atoms with Crippen LogP contribution in [-0.4, -0.2) is 49.8 Å². The quantitative estimate of drug-likeness (QED) is 0.642. The molecular formula is C13H28N2O. The second-order valence-corrected chi connectivity index (χ2v) is 4.99. The predicted octanol–water partition coefficient (Wildman–Crippen LogP) is 1.88. The van der Waals surface area contributed by atoms with E-state index in [-0.39, 0.29) is 0 Å².